The molecule has 1 fully saturated rings. The van der Waals surface area contributed by atoms with Crippen molar-refractivity contribution in [2.75, 3.05) is 12.0 Å². The van der Waals surface area contributed by atoms with Crippen molar-refractivity contribution in [1.82, 2.24) is 4.98 Å². The number of halogens is 1. The predicted molar refractivity (Wildman–Crippen MR) is 134 cm³/mol. The third-order valence-corrected chi connectivity index (χ3v) is 5.84. The van der Waals surface area contributed by atoms with Crippen LogP contribution in [0.4, 0.5) is 5.69 Å². The average Bonchev–Trinajstić information content (AvgIpc) is 3.14. The Balaban J connectivity index is 1.86. The number of pyridine rings is 1. The fourth-order valence-corrected chi connectivity index (χ4v) is 4.18. The molecule has 1 aliphatic rings. The predicted octanol–water partition coefficient (Wildman–Crippen LogP) is 4.94. The van der Waals surface area contributed by atoms with Gasteiger partial charge in [0, 0.05) is 23.1 Å². The summed E-state index contributed by atoms with van der Waals surface area (Å²) in [5, 5.41) is 11.6. The van der Waals surface area contributed by atoms with Crippen molar-refractivity contribution in [2.45, 2.75) is 26.0 Å². The molecule has 2 aromatic carbocycles. The van der Waals surface area contributed by atoms with E-state index in [1.54, 1.807) is 50.2 Å². The molecule has 184 valence electrons. The molecule has 1 atom stereocenters. The lowest BCUT2D eigenvalue weighted by atomic mass is 9.95. The van der Waals surface area contributed by atoms with E-state index in [0.717, 1.165) is 0 Å². The molecule has 8 nitrogen and oxygen atoms in total. The molecule has 1 aromatic heterocycles. The van der Waals surface area contributed by atoms with Gasteiger partial charge in [-0.15, -0.1) is 0 Å². The molecule has 1 unspecified atom stereocenters. The van der Waals surface area contributed by atoms with E-state index in [4.69, 9.17) is 21.1 Å². The molecule has 0 saturated carbocycles. The number of methoxy groups -OCH3 is 1. The highest BCUT2D eigenvalue weighted by Crippen LogP contribution is 2.43. The van der Waals surface area contributed by atoms with Gasteiger partial charge in [0.25, 0.3) is 11.7 Å². The highest BCUT2D eigenvalue weighted by Gasteiger charge is 2.47. The molecule has 0 aliphatic carbocycles. The Bertz CT molecular complexity index is 1350. The lowest BCUT2D eigenvalue weighted by Crippen LogP contribution is -2.29. The van der Waals surface area contributed by atoms with Gasteiger partial charge in [-0.2, -0.15) is 0 Å². The minimum absolute atomic E-state index is 0.130. The van der Waals surface area contributed by atoms with Crippen LogP contribution < -0.4 is 9.64 Å². The molecule has 1 aliphatic heterocycles. The zero-order valence-electron chi connectivity index (χ0n) is 19.8. The lowest BCUT2D eigenvalue weighted by Gasteiger charge is -2.25. The Morgan fingerprint density at radius 1 is 1.06 bits per heavy atom. The molecule has 1 saturated heterocycles. The van der Waals surface area contributed by atoms with Crippen LogP contribution in [0.1, 0.15) is 41.4 Å². The molecule has 4 rings (SSSR count). The second-order valence-electron chi connectivity index (χ2n) is 8.30. The number of anilines is 1. The van der Waals surface area contributed by atoms with Gasteiger partial charge >= 0.3 is 5.97 Å². The van der Waals surface area contributed by atoms with E-state index in [1.807, 2.05) is 0 Å². The molecule has 2 heterocycles. The highest BCUT2D eigenvalue weighted by atomic mass is 35.5. The minimum atomic E-state index is -0.967. The summed E-state index contributed by atoms with van der Waals surface area (Å²) in [5.74, 6) is -2.35. The third kappa shape index (κ3) is 4.67. The molecule has 3 aromatic rings. The quantitative estimate of drug-likeness (QED) is 0.218. The average molecular weight is 507 g/mol. The van der Waals surface area contributed by atoms with Crippen molar-refractivity contribution in [3.63, 3.8) is 0 Å². The zero-order chi connectivity index (χ0) is 26.0. The van der Waals surface area contributed by atoms with Gasteiger partial charge < -0.3 is 14.6 Å². The number of carbonyl (C=O) groups is 3. The number of aliphatic hydroxyl groups excluding tert-OH is 1. The van der Waals surface area contributed by atoms with Gasteiger partial charge in [-0.25, -0.2) is 4.79 Å². The Morgan fingerprint density at radius 2 is 1.72 bits per heavy atom. The lowest BCUT2D eigenvalue weighted by molar-refractivity contribution is -0.132. The van der Waals surface area contributed by atoms with E-state index in [0.29, 0.717) is 21.8 Å². The normalized spacial score (nSPS) is 16.9. The first-order valence-corrected chi connectivity index (χ1v) is 11.5. The molecular weight excluding hydrogens is 484 g/mol. The summed E-state index contributed by atoms with van der Waals surface area (Å²) in [5.41, 5.74) is 1.25. The van der Waals surface area contributed by atoms with Crippen molar-refractivity contribution in [3.8, 4) is 5.75 Å². The Hall–Kier alpha value is -4.17. The second-order valence-corrected chi connectivity index (χ2v) is 8.73. The topological polar surface area (TPSA) is 106 Å². The fourth-order valence-electron chi connectivity index (χ4n) is 4.01. The number of esters is 1. The van der Waals surface area contributed by atoms with Gasteiger partial charge in [0.05, 0.1) is 36.0 Å². The van der Waals surface area contributed by atoms with Crippen LogP contribution >= 0.6 is 11.6 Å². The van der Waals surface area contributed by atoms with Gasteiger partial charge in [0.2, 0.25) is 0 Å². The zero-order valence-corrected chi connectivity index (χ0v) is 20.5. The fraction of sp³-hybridized carbons (Fsp3) is 0.185. The van der Waals surface area contributed by atoms with Crippen molar-refractivity contribution < 1.29 is 29.0 Å². The van der Waals surface area contributed by atoms with Gasteiger partial charge in [-0.3, -0.25) is 19.5 Å². The Labute approximate surface area is 212 Å². The smallest absolute Gasteiger partial charge is 0.338 e. The summed E-state index contributed by atoms with van der Waals surface area (Å²) < 4.78 is 10.6. The van der Waals surface area contributed by atoms with E-state index in [1.165, 1.54) is 42.6 Å². The minimum Gasteiger partial charge on any atom is -0.507 e. The molecule has 9 heteroatoms. The Kier molecular flexibility index (Phi) is 7.07. The summed E-state index contributed by atoms with van der Waals surface area (Å²) >= 11 is 6.14. The van der Waals surface area contributed by atoms with E-state index in [-0.39, 0.29) is 23.0 Å². The number of ether oxygens (including phenoxy) is 2. The number of amides is 1. The summed E-state index contributed by atoms with van der Waals surface area (Å²) in [7, 11) is 1.42. The van der Waals surface area contributed by atoms with Crippen LogP contribution in [0.3, 0.4) is 0 Å². The van der Waals surface area contributed by atoms with Crippen LogP contribution in [-0.2, 0) is 14.3 Å². The standard InChI is InChI=1S/C27H23ClN2O6/c1-15(2)36-27(34)17-4-7-19(8-5-17)30-23(16-10-12-29-13-11-16)22(25(32)26(30)33)24(31)20-14-18(28)6-9-21(20)35-3/h4-15,23,31H,1-3H3/b24-22+. The van der Waals surface area contributed by atoms with Crippen LogP contribution in [0.2, 0.25) is 5.02 Å². The van der Waals surface area contributed by atoms with E-state index in [2.05, 4.69) is 4.98 Å². The molecular formula is C27H23ClN2O6. The van der Waals surface area contributed by atoms with Crippen molar-refractivity contribution in [2.24, 2.45) is 0 Å². The number of aromatic nitrogens is 1. The van der Waals surface area contributed by atoms with Gasteiger partial charge in [0.15, 0.2) is 0 Å². The van der Waals surface area contributed by atoms with E-state index in [9.17, 15) is 19.5 Å². The molecule has 36 heavy (non-hydrogen) atoms. The second kappa shape index (κ2) is 10.2. The number of ketones is 1. The number of benzene rings is 2. The van der Waals surface area contributed by atoms with Gasteiger partial charge in [0.1, 0.15) is 11.5 Å². The van der Waals surface area contributed by atoms with E-state index < -0.39 is 29.5 Å². The first-order chi connectivity index (χ1) is 17.2. The molecule has 0 radical (unpaired) electrons. The van der Waals surface area contributed by atoms with Gasteiger partial charge in [-0.05, 0) is 74.0 Å². The number of hydrogen-bond donors (Lipinski definition) is 1. The number of aliphatic hydroxyl groups is 1. The maximum Gasteiger partial charge on any atom is 0.338 e. The molecule has 0 bridgehead atoms. The number of carbonyl (C=O) groups excluding carboxylic acids is 3. The van der Waals surface area contributed by atoms with Gasteiger partial charge in [-0.1, -0.05) is 11.6 Å². The first-order valence-electron chi connectivity index (χ1n) is 11.1. The summed E-state index contributed by atoms with van der Waals surface area (Å²) in [6.45, 7) is 3.49. The molecule has 1 N–H and O–H groups in total. The number of Topliss-reactive ketones (excluding diaryl/α,β-unsaturated/α-hetero) is 1. The first kappa shape index (κ1) is 24.9. The van der Waals surface area contributed by atoms with Crippen LogP contribution in [0.15, 0.2) is 72.6 Å². The van der Waals surface area contributed by atoms with Crippen LogP contribution in [0.25, 0.3) is 5.76 Å². The van der Waals surface area contributed by atoms with Crippen molar-refractivity contribution >= 4 is 40.7 Å². The van der Waals surface area contributed by atoms with Crippen LogP contribution in [0, 0.1) is 0 Å². The summed E-state index contributed by atoms with van der Waals surface area (Å²) in [6.07, 6.45) is 2.77. The third-order valence-electron chi connectivity index (χ3n) is 5.61. The number of hydrogen-bond acceptors (Lipinski definition) is 7. The highest BCUT2D eigenvalue weighted by molar-refractivity contribution is 6.51. The monoisotopic (exact) mass is 506 g/mol. The number of nitrogens with zero attached hydrogens (tertiary/aromatic N) is 2. The number of rotatable bonds is 6. The van der Waals surface area contributed by atoms with Crippen molar-refractivity contribution in [3.05, 3.63) is 94.3 Å². The SMILES string of the molecule is COc1ccc(Cl)cc1/C(O)=C1\C(=O)C(=O)N(c2ccc(C(=O)OC(C)C)cc2)C1c1ccncc1. The van der Waals surface area contributed by atoms with Crippen LogP contribution in [0.5, 0.6) is 5.75 Å². The van der Waals surface area contributed by atoms with E-state index >= 15 is 0 Å². The maximum atomic E-state index is 13.3. The largest absolute Gasteiger partial charge is 0.507 e. The van der Waals surface area contributed by atoms with Crippen LogP contribution in [-0.4, -0.2) is 41.0 Å². The maximum absolute atomic E-state index is 13.3. The molecule has 0 spiro atoms. The summed E-state index contributed by atoms with van der Waals surface area (Å²) in [6, 6.07) is 13.1. The van der Waals surface area contributed by atoms with Crippen molar-refractivity contribution in [1.29, 1.82) is 0 Å². The molecule has 1 amide bonds. The Morgan fingerprint density at radius 3 is 2.33 bits per heavy atom. The summed E-state index contributed by atoms with van der Waals surface area (Å²) in [4.78, 5) is 44.1.